The van der Waals surface area contributed by atoms with Crippen LogP contribution in [0.15, 0.2) is 42.5 Å². The predicted molar refractivity (Wildman–Crippen MR) is 122 cm³/mol. The number of carbonyl (C=O) groups excluding carboxylic acids is 1. The van der Waals surface area contributed by atoms with Gasteiger partial charge in [-0.15, -0.1) is 11.8 Å². The lowest BCUT2D eigenvalue weighted by atomic mass is 10.1. The van der Waals surface area contributed by atoms with Gasteiger partial charge in [-0.3, -0.25) is 4.79 Å². The summed E-state index contributed by atoms with van der Waals surface area (Å²) < 4.78 is 2.42. The number of fused-ring (bicyclic) bond motifs is 3. The lowest BCUT2D eigenvalue weighted by Gasteiger charge is -2.31. The fourth-order valence-electron chi connectivity index (χ4n) is 5.05. The maximum atomic E-state index is 12.8. The number of benzene rings is 2. The van der Waals surface area contributed by atoms with Crippen molar-refractivity contribution in [2.45, 2.75) is 38.1 Å². The first-order chi connectivity index (χ1) is 14.3. The first-order valence-corrected chi connectivity index (χ1v) is 12.0. The lowest BCUT2D eigenvalue weighted by molar-refractivity contribution is -0.128. The molecule has 2 saturated heterocycles. The number of likely N-dealkylation sites (tertiary alicyclic amines) is 1. The van der Waals surface area contributed by atoms with Gasteiger partial charge in [0.2, 0.25) is 5.91 Å². The molecule has 2 fully saturated rings. The van der Waals surface area contributed by atoms with E-state index in [9.17, 15) is 4.79 Å². The fraction of sp³-hybridized carbons (Fsp3) is 0.458. The number of hydrogen-bond acceptors (Lipinski definition) is 3. The standard InChI is InChI=1S/C24H29N3OS/c1-2-26-21-12-5-4-9-18(21)19-10-8-11-20(23(19)26)24-27(22(28)17-29-24)16-15-25-13-6-3-7-14-25/h4-5,8-12,24H,2-3,6-7,13-17H2,1H3. The minimum Gasteiger partial charge on any atom is -0.340 e. The van der Waals surface area contributed by atoms with Crippen LogP contribution < -0.4 is 0 Å². The molecule has 1 aromatic heterocycles. The third-order valence-electron chi connectivity index (χ3n) is 6.48. The highest BCUT2D eigenvalue weighted by atomic mass is 32.2. The van der Waals surface area contributed by atoms with Crippen LogP contribution in [-0.2, 0) is 11.3 Å². The number of amides is 1. The monoisotopic (exact) mass is 407 g/mol. The predicted octanol–water partition coefficient (Wildman–Crippen LogP) is 4.87. The van der Waals surface area contributed by atoms with Crippen LogP contribution in [0.4, 0.5) is 0 Å². The van der Waals surface area contributed by atoms with E-state index in [2.05, 4.69) is 63.8 Å². The third-order valence-corrected chi connectivity index (χ3v) is 7.72. The molecule has 2 aliphatic rings. The fourth-order valence-corrected chi connectivity index (χ4v) is 6.29. The Balaban J connectivity index is 1.52. The first-order valence-electron chi connectivity index (χ1n) is 10.9. The van der Waals surface area contributed by atoms with Crippen LogP contribution in [0.1, 0.15) is 37.1 Å². The molecule has 1 atom stereocenters. The molecule has 0 aliphatic carbocycles. The van der Waals surface area contributed by atoms with E-state index < -0.39 is 0 Å². The maximum absolute atomic E-state index is 12.8. The van der Waals surface area contributed by atoms with Gasteiger partial charge in [0.25, 0.3) is 0 Å². The molecule has 29 heavy (non-hydrogen) atoms. The Kier molecular flexibility index (Phi) is 5.27. The van der Waals surface area contributed by atoms with Gasteiger partial charge in [-0.2, -0.15) is 0 Å². The minimum atomic E-state index is 0.116. The largest absolute Gasteiger partial charge is 0.340 e. The molecule has 5 heteroatoms. The summed E-state index contributed by atoms with van der Waals surface area (Å²) in [5.74, 6) is 0.876. The molecular weight excluding hydrogens is 378 g/mol. The number of aryl methyl sites for hydroxylation is 1. The molecule has 5 rings (SSSR count). The van der Waals surface area contributed by atoms with Crippen LogP contribution in [0, 0.1) is 0 Å². The van der Waals surface area contributed by atoms with Crippen molar-refractivity contribution in [1.29, 1.82) is 0 Å². The zero-order chi connectivity index (χ0) is 19.8. The van der Waals surface area contributed by atoms with Crippen molar-refractivity contribution in [1.82, 2.24) is 14.4 Å². The van der Waals surface area contributed by atoms with Crippen molar-refractivity contribution in [2.24, 2.45) is 0 Å². The highest BCUT2D eigenvalue weighted by molar-refractivity contribution is 8.00. The smallest absolute Gasteiger partial charge is 0.233 e. The maximum Gasteiger partial charge on any atom is 0.233 e. The number of nitrogens with zero attached hydrogens (tertiary/aromatic N) is 3. The minimum absolute atomic E-state index is 0.116. The average Bonchev–Trinajstić information content (AvgIpc) is 3.30. The Bertz CT molecular complexity index is 1040. The van der Waals surface area contributed by atoms with E-state index in [1.165, 1.54) is 59.7 Å². The molecule has 0 saturated carbocycles. The number of para-hydroxylation sites is 2. The van der Waals surface area contributed by atoms with Crippen molar-refractivity contribution < 1.29 is 4.79 Å². The quantitative estimate of drug-likeness (QED) is 0.604. The molecule has 1 unspecified atom stereocenters. The molecule has 2 aromatic carbocycles. The summed E-state index contributed by atoms with van der Waals surface area (Å²) in [6.45, 7) is 7.33. The second-order valence-electron chi connectivity index (χ2n) is 8.16. The summed E-state index contributed by atoms with van der Waals surface area (Å²) in [5.41, 5.74) is 3.87. The van der Waals surface area contributed by atoms with Crippen molar-refractivity contribution in [3.63, 3.8) is 0 Å². The van der Waals surface area contributed by atoms with E-state index >= 15 is 0 Å². The molecule has 3 aromatic rings. The SMILES string of the molecule is CCn1c2ccccc2c2cccc(C3SCC(=O)N3CCN3CCCCC3)c21. The molecule has 0 spiro atoms. The molecule has 0 bridgehead atoms. The van der Waals surface area contributed by atoms with Gasteiger partial charge >= 0.3 is 0 Å². The summed E-state index contributed by atoms with van der Waals surface area (Å²) in [6, 6.07) is 15.3. The van der Waals surface area contributed by atoms with Gasteiger partial charge in [0, 0.05) is 41.5 Å². The van der Waals surface area contributed by atoms with E-state index in [0.717, 1.165) is 19.6 Å². The number of carbonyl (C=O) groups is 1. The highest BCUT2D eigenvalue weighted by Gasteiger charge is 2.34. The van der Waals surface area contributed by atoms with Gasteiger partial charge in [-0.05, 0) is 38.9 Å². The van der Waals surface area contributed by atoms with Gasteiger partial charge in [0.05, 0.1) is 11.3 Å². The Hall–Kier alpha value is -1.98. The molecule has 3 heterocycles. The summed E-state index contributed by atoms with van der Waals surface area (Å²) >= 11 is 1.79. The van der Waals surface area contributed by atoms with Crippen LogP contribution in [0.25, 0.3) is 21.8 Å². The van der Waals surface area contributed by atoms with E-state index in [1.807, 2.05) is 0 Å². The van der Waals surface area contributed by atoms with Crippen LogP contribution in [0.2, 0.25) is 0 Å². The molecule has 152 valence electrons. The van der Waals surface area contributed by atoms with E-state index in [-0.39, 0.29) is 11.3 Å². The molecule has 4 nitrogen and oxygen atoms in total. The van der Waals surface area contributed by atoms with Crippen LogP contribution in [-0.4, -0.2) is 52.2 Å². The summed E-state index contributed by atoms with van der Waals surface area (Å²) in [6.07, 6.45) is 3.94. The zero-order valence-corrected chi connectivity index (χ0v) is 18.0. The van der Waals surface area contributed by atoms with Gasteiger partial charge in [-0.25, -0.2) is 0 Å². The van der Waals surface area contributed by atoms with E-state index in [1.54, 1.807) is 11.8 Å². The third kappa shape index (κ3) is 3.34. The zero-order valence-electron chi connectivity index (χ0n) is 17.1. The number of aromatic nitrogens is 1. The molecule has 1 amide bonds. The van der Waals surface area contributed by atoms with Gasteiger partial charge in [0.1, 0.15) is 5.37 Å². The highest BCUT2D eigenvalue weighted by Crippen LogP contribution is 2.43. The van der Waals surface area contributed by atoms with E-state index in [0.29, 0.717) is 5.75 Å². The van der Waals surface area contributed by atoms with Crippen molar-refractivity contribution in [2.75, 3.05) is 31.9 Å². The van der Waals surface area contributed by atoms with Crippen LogP contribution in [0.3, 0.4) is 0 Å². The number of thioether (sulfide) groups is 1. The summed E-state index contributed by atoms with van der Waals surface area (Å²) in [7, 11) is 0. The number of rotatable bonds is 5. The average molecular weight is 408 g/mol. The van der Waals surface area contributed by atoms with Crippen molar-refractivity contribution in [3.05, 3.63) is 48.0 Å². The Labute approximate surface area is 176 Å². The Morgan fingerprint density at radius 3 is 2.59 bits per heavy atom. The number of hydrogen-bond donors (Lipinski definition) is 0. The van der Waals surface area contributed by atoms with E-state index in [4.69, 9.17) is 0 Å². The topological polar surface area (TPSA) is 28.5 Å². The summed E-state index contributed by atoms with van der Waals surface area (Å²) in [5, 5.41) is 2.72. The normalized spacial score (nSPS) is 20.9. The van der Waals surface area contributed by atoms with Gasteiger partial charge < -0.3 is 14.4 Å². The molecule has 2 aliphatic heterocycles. The second-order valence-corrected chi connectivity index (χ2v) is 9.23. The Morgan fingerprint density at radius 2 is 1.76 bits per heavy atom. The van der Waals surface area contributed by atoms with Gasteiger partial charge in [0.15, 0.2) is 0 Å². The summed E-state index contributed by atoms with van der Waals surface area (Å²) in [4.78, 5) is 17.4. The number of piperidine rings is 1. The second kappa shape index (κ2) is 8.04. The van der Waals surface area contributed by atoms with Gasteiger partial charge in [-0.1, -0.05) is 42.8 Å². The lowest BCUT2D eigenvalue weighted by Crippen LogP contribution is -2.39. The van der Waals surface area contributed by atoms with Crippen molar-refractivity contribution >= 4 is 39.5 Å². The molecule has 0 radical (unpaired) electrons. The van der Waals surface area contributed by atoms with Crippen molar-refractivity contribution in [3.8, 4) is 0 Å². The molecule has 0 N–H and O–H groups in total. The first kappa shape index (κ1) is 19.0. The molecular formula is C24H29N3OS. The van der Waals surface area contributed by atoms with Crippen LogP contribution >= 0.6 is 11.8 Å². The Morgan fingerprint density at radius 1 is 0.966 bits per heavy atom. The van der Waals surface area contributed by atoms with Crippen LogP contribution in [0.5, 0.6) is 0 Å².